The number of halogens is 3. The van der Waals surface area contributed by atoms with E-state index >= 15 is 0 Å². The number of carbonyl (C=O) groups is 1. The number of amides is 1. The SMILES string of the molecule is Cc1[nH]nc(C(=O)NC2(C(F)(F)F)CC2)c1S(N)(=O)=O. The zero-order chi connectivity index (χ0) is 15.3. The number of primary sulfonamides is 1. The summed E-state index contributed by atoms with van der Waals surface area (Å²) in [6.45, 7) is 1.29. The third-order valence-electron chi connectivity index (χ3n) is 3.04. The third-order valence-corrected chi connectivity index (χ3v) is 4.10. The van der Waals surface area contributed by atoms with E-state index in [0.717, 1.165) is 0 Å². The lowest BCUT2D eigenvalue weighted by atomic mass is 10.2. The summed E-state index contributed by atoms with van der Waals surface area (Å²) in [5.41, 5.74) is -2.98. The molecule has 4 N–H and O–H groups in total. The summed E-state index contributed by atoms with van der Waals surface area (Å²) in [6, 6.07) is 0. The molecule has 0 spiro atoms. The van der Waals surface area contributed by atoms with Gasteiger partial charge in [-0.05, 0) is 19.8 Å². The number of rotatable bonds is 3. The highest BCUT2D eigenvalue weighted by molar-refractivity contribution is 7.89. The minimum Gasteiger partial charge on any atom is -0.336 e. The van der Waals surface area contributed by atoms with Crippen molar-refractivity contribution in [2.24, 2.45) is 5.14 Å². The standard InChI is InChI=1S/C9H11F3N4O3S/c1-4-6(20(13,18)19)5(16-15-4)7(17)14-8(2-3-8)9(10,11)12/h2-3H2,1H3,(H,14,17)(H,15,16)(H2,13,18,19). The van der Waals surface area contributed by atoms with E-state index in [1.54, 1.807) is 5.32 Å². The number of sulfonamides is 1. The highest BCUT2D eigenvalue weighted by Gasteiger charge is 2.64. The molecule has 1 saturated carbocycles. The lowest BCUT2D eigenvalue weighted by Gasteiger charge is -2.20. The number of carbonyl (C=O) groups excluding carboxylic acids is 1. The van der Waals surface area contributed by atoms with E-state index in [9.17, 15) is 26.4 Å². The zero-order valence-electron chi connectivity index (χ0n) is 10.2. The first-order valence-corrected chi connectivity index (χ1v) is 6.99. The second-order valence-corrected chi connectivity index (χ2v) is 6.10. The topological polar surface area (TPSA) is 118 Å². The van der Waals surface area contributed by atoms with E-state index < -0.39 is 38.2 Å². The monoisotopic (exact) mass is 312 g/mol. The lowest BCUT2D eigenvalue weighted by molar-refractivity contribution is -0.163. The number of hydrogen-bond acceptors (Lipinski definition) is 4. The molecule has 2 rings (SSSR count). The van der Waals surface area contributed by atoms with Gasteiger partial charge in [-0.1, -0.05) is 0 Å². The fourth-order valence-corrected chi connectivity index (χ4v) is 2.68. The molecule has 0 bridgehead atoms. The second kappa shape index (κ2) is 4.19. The van der Waals surface area contributed by atoms with Crippen LogP contribution in [0.3, 0.4) is 0 Å². The summed E-state index contributed by atoms with van der Waals surface area (Å²) in [6.07, 6.45) is -5.11. The van der Waals surface area contributed by atoms with Crippen molar-refractivity contribution in [3.63, 3.8) is 0 Å². The smallest absolute Gasteiger partial charge is 0.336 e. The molecule has 7 nitrogen and oxygen atoms in total. The number of nitrogens with one attached hydrogen (secondary N) is 2. The van der Waals surface area contributed by atoms with E-state index in [1.165, 1.54) is 6.92 Å². The summed E-state index contributed by atoms with van der Waals surface area (Å²) in [5, 5.41) is 12.3. The summed E-state index contributed by atoms with van der Waals surface area (Å²) in [5.74, 6) is -1.23. The van der Waals surface area contributed by atoms with Gasteiger partial charge in [0, 0.05) is 0 Å². The minimum atomic E-state index is -4.60. The molecule has 0 unspecified atom stereocenters. The highest BCUT2D eigenvalue weighted by Crippen LogP contribution is 2.49. The van der Waals surface area contributed by atoms with Gasteiger partial charge in [0.15, 0.2) is 5.69 Å². The molecule has 0 saturated heterocycles. The van der Waals surface area contributed by atoms with Gasteiger partial charge in [0.25, 0.3) is 5.91 Å². The van der Waals surface area contributed by atoms with Gasteiger partial charge < -0.3 is 5.32 Å². The number of nitrogens with zero attached hydrogens (tertiary/aromatic N) is 1. The number of aromatic nitrogens is 2. The van der Waals surface area contributed by atoms with Crippen LogP contribution in [-0.4, -0.2) is 36.2 Å². The Kier molecular flexibility index (Phi) is 3.09. The Bertz CT molecular complexity index is 660. The quantitative estimate of drug-likeness (QED) is 0.738. The van der Waals surface area contributed by atoms with E-state index in [1.807, 2.05) is 0 Å². The van der Waals surface area contributed by atoms with Crippen molar-refractivity contribution in [1.29, 1.82) is 0 Å². The van der Waals surface area contributed by atoms with Crippen LogP contribution in [0, 0.1) is 6.92 Å². The van der Waals surface area contributed by atoms with Gasteiger partial charge in [-0.2, -0.15) is 18.3 Å². The fourth-order valence-electron chi connectivity index (χ4n) is 1.80. The molecular formula is C9H11F3N4O3S. The Morgan fingerprint density at radius 1 is 1.45 bits per heavy atom. The first kappa shape index (κ1) is 14.8. The van der Waals surface area contributed by atoms with Crippen molar-refractivity contribution in [1.82, 2.24) is 15.5 Å². The maximum Gasteiger partial charge on any atom is 0.411 e. The molecule has 20 heavy (non-hydrogen) atoms. The van der Waals surface area contributed by atoms with Gasteiger partial charge in [-0.3, -0.25) is 9.89 Å². The molecule has 1 aliphatic rings. The molecule has 0 aliphatic heterocycles. The maximum absolute atomic E-state index is 12.7. The van der Waals surface area contributed by atoms with Crippen LogP contribution in [0.1, 0.15) is 29.0 Å². The molecule has 112 valence electrons. The molecule has 1 aromatic rings. The first-order chi connectivity index (χ1) is 8.98. The molecule has 1 fully saturated rings. The molecule has 0 radical (unpaired) electrons. The van der Waals surface area contributed by atoms with Crippen LogP contribution >= 0.6 is 0 Å². The Hall–Kier alpha value is -1.62. The van der Waals surface area contributed by atoms with Crippen molar-refractivity contribution in [3.05, 3.63) is 11.4 Å². The summed E-state index contributed by atoms with van der Waals surface area (Å²) in [4.78, 5) is 11.2. The highest BCUT2D eigenvalue weighted by atomic mass is 32.2. The predicted octanol–water partition coefficient (Wildman–Crippen LogP) is 0.190. The van der Waals surface area contributed by atoms with Crippen molar-refractivity contribution in [3.8, 4) is 0 Å². The van der Waals surface area contributed by atoms with Crippen molar-refractivity contribution in [2.45, 2.75) is 36.4 Å². The molecule has 1 aliphatic carbocycles. The Labute approximate surface area is 111 Å². The van der Waals surface area contributed by atoms with E-state index in [0.29, 0.717) is 0 Å². The average molecular weight is 312 g/mol. The number of aromatic amines is 1. The number of hydrogen-bond donors (Lipinski definition) is 3. The molecule has 0 aromatic carbocycles. The molecule has 0 atom stereocenters. The van der Waals surface area contributed by atoms with Gasteiger partial charge in [0.05, 0.1) is 5.69 Å². The van der Waals surface area contributed by atoms with Crippen LogP contribution in [0.2, 0.25) is 0 Å². The molecular weight excluding hydrogens is 301 g/mol. The van der Waals surface area contributed by atoms with Gasteiger partial charge in [0.2, 0.25) is 10.0 Å². The van der Waals surface area contributed by atoms with E-state index in [4.69, 9.17) is 5.14 Å². The van der Waals surface area contributed by atoms with Crippen LogP contribution in [0.15, 0.2) is 4.90 Å². The largest absolute Gasteiger partial charge is 0.411 e. The van der Waals surface area contributed by atoms with E-state index in [2.05, 4.69) is 10.2 Å². The predicted molar refractivity (Wildman–Crippen MR) is 60.2 cm³/mol. The average Bonchev–Trinajstić information content (AvgIpc) is 2.92. The third kappa shape index (κ3) is 2.38. The number of nitrogens with two attached hydrogens (primary N) is 1. The van der Waals surface area contributed by atoms with E-state index in [-0.39, 0.29) is 18.5 Å². The Morgan fingerprint density at radius 2 is 2.00 bits per heavy atom. The Balaban J connectivity index is 2.33. The second-order valence-electron chi connectivity index (χ2n) is 4.61. The van der Waals surface area contributed by atoms with Gasteiger partial charge in [0.1, 0.15) is 10.4 Å². The Morgan fingerprint density at radius 3 is 2.40 bits per heavy atom. The molecule has 1 amide bonds. The van der Waals surface area contributed by atoms with Gasteiger partial charge in [-0.15, -0.1) is 0 Å². The summed E-state index contributed by atoms with van der Waals surface area (Å²) < 4.78 is 60.8. The maximum atomic E-state index is 12.7. The lowest BCUT2D eigenvalue weighted by Crippen LogP contribution is -2.48. The van der Waals surface area contributed by atoms with Crippen LogP contribution in [-0.2, 0) is 10.0 Å². The number of alkyl halides is 3. The molecule has 1 aromatic heterocycles. The van der Waals surface area contributed by atoms with Crippen LogP contribution in [0.4, 0.5) is 13.2 Å². The fraction of sp³-hybridized carbons (Fsp3) is 0.556. The molecule has 1 heterocycles. The van der Waals surface area contributed by atoms with Gasteiger partial charge in [-0.25, -0.2) is 13.6 Å². The van der Waals surface area contributed by atoms with Crippen LogP contribution in [0.25, 0.3) is 0 Å². The molecule has 11 heteroatoms. The van der Waals surface area contributed by atoms with Crippen molar-refractivity contribution >= 4 is 15.9 Å². The van der Waals surface area contributed by atoms with Crippen molar-refractivity contribution < 1.29 is 26.4 Å². The van der Waals surface area contributed by atoms with Crippen LogP contribution < -0.4 is 10.5 Å². The summed E-state index contributed by atoms with van der Waals surface area (Å²) in [7, 11) is -4.27. The minimum absolute atomic E-state index is 0.0190. The normalized spacial score (nSPS) is 17.9. The van der Waals surface area contributed by atoms with Crippen molar-refractivity contribution in [2.75, 3.05) is 0 Å². The number of aryl methyl sites for hydroxylation is 1. The first-order valence-electron chi connectivity index (χ1n) is 5.45. The van der Waals surface area contributed by atoms with Gasteiger partial charge >= 0.3 is 6.18 Å². The van der Waals surface area contributed by atoms with Crippen LogP contribution in [0.5, 0.6) is 0 Å². The zero-order valence-corrected chi connectivity index (χ0v) is 11.0. The number of H-pyrrole nitrogens is 1. The summed E-state index contributed by atoms with van der Waals surface area (Å²) >= 11 is 0.